The summed E-state index contributed by atoms with van der Waals surface area (Å²) in [7, 11) is 0. The van der Waals surface area contributed by atoms with Crippen LogP contribution in [0, 0.1) is 17.5 Å². The van der Waals surface area contributed by atoms with Gasteiger partial charge in [0.1, 0.15) is 5.82 Å². The molecule has 0 fully saturated rings. The van der Waals surface area contributed by atoms with Gasteiger partial charge in [-0.2, -0.15) is 0 Å². The van der Waals surface area contributed by atoms with Crippen LogP contribution in [0.25, 0.3) is 0 Å². The third kappa shape index (κ3) is 3.56. The number of hydrogen-bond donors (Lipinski definition) is 2. The van der Waals surface area contributed by atoms with Crippen molar-refractivity contribution in [3.05, 3.63) is 70.0 Å². The number of nitrogens with one attached hydrogen (secondary N) is 2. The lowest BCUT2D eigenvalue weighted by molar-refractivity contribution is 0.0846. The Bertz CT molecular complexity index is 736. The molecule has 0 aromatic heterocycles. The number of carbonyl (C=O) groups excluding carboxylic acids is 2. The molecule has 114 valence electrons. The molecule has 2 rings (SSSR count). The van der Waals surface area contributed by atoms with E-state index >= 15 is 0 Å². The van der Waals surface area contributed by atoms with E-state index in [2.05, 4.69) is 0 Å². The number of amides is 2. The van der Waals surface area contributed by atoms with Crippen LogP contribution >= 0.6 is 11.6 Å². The fraction of sp³-hybridized carbons (Fsp3) is 0. The Morgan fingerprint density at radius 2 is 1.41 bits per heavy atom. The van der Waals surface area contributed by atoms with Crippen molar-refractivity contribution in [2.75, 3.05) is 0 Å². The first-order valence-corrected chi connectivity index (χ1v) is 6.27. The highest BCUT2D eigenvalue weighted by Gasteiger charge is 2.16. The van der Waals surface area contributed by atoms with E-state index in [4.69, 9.17) is 11.6 Å². The van der Waals surface area contributed by atoms with Crippen LogP contribution in [0.4, 0.5) is 13.2 Å². The third-order valence-electron chi connectivity index (χ3n) is 2.65. The maximum atomic E-state index is 13.1. The molecule has 0 aliphatic heterocycles. The largest absolute Gasteiger partial charge is 0.271 e. The van der Waals surface area contributed by atoms with Crippen molar-refractivity contribution in [3.63, 3.8) is 0 Å². The maximum absolute atomic E-state index is 13.1. The van der Waals surface area contributed by atoms with Gasteiger partial charge in [0, 0.05) is 5.56 Å². The van der Waals surface area contributed by atoms with Gasteiger partial charge in [0.15, 0.2) is 11.6 Å². The van der Waals surface area contributed by atoms with E-state index in [1.807, 2.05) is 10.9 Å². The van der Waals surface area contributed by atoms with Gasteiger partial charge >= 0.3 is 0 Å². The summed E-state index contributed by atoms with van der Waals surface area (Å²) in [6.45, 7) is 0. The predicted octanol–water partition coefficient (Wildman–Crippen LogP) is 2.83. The lowest BCUT2D eigenvalue weighted by Gasteiger charge is -2.09. The second-order valence-electron chi connectivity index (χ2n) is 4.16. The van der Waals surface area contributed by atoms with Crippen LogP contribution in [-0.4, -0.2) is 11.8 Å². The van der Waals surface area contributed by atoms with Gasteiger partial charge in [-0.15, -0.1) is 0 Å². The first kappa shape index (κ1) is 15.8. The monoisotopic (exact) mass is 328 g/mol. The van der Waals surface area contributed by atoms with Gasteiger partial charge < -0.3 is 0 Å². The summed E-state index contributed by atoms with van der Waals surface area (Å²) in [5.41, 5.74) is 3.78. The zero-order valence-electron chi connectivity index (χ0n) is 10.8. The second-order valence-corrected chi connectivity index (χ2v) is 4.57. The quantitative estimate of drug-likeness (QED) is 0.658. The lowest BCUT2D eigenvalue weighted by atomic mass is 10.2. The SMILES string of the molecule is O=C(NNC(=O)c1cc(F)c(F)cc1Cl)c1ccc(F)cc1. The predicted molar refractivity (Wildman–Crippen MR) is 72.7 cm³/mol. The van der Waals surface area contributed by atoms with Gasteiger partial charge in [0.2, 0.25) is 0 Å². The summed E-state index contributed by atoms with van der Waals surface area (Å²) in [6, 6.07) is 5.82. The van der Waals surface area contributed by atoms with Crippen LogP contribution in [0.1, 0.15) is 20.7 Å². The molecular formula is C14H8ClF3N2O2. The standard InChI is InChI=1S/C14H8ClF3N2O2/c15-10-6-12(18)11(17)5-9(10)14(22)20-19-13(21)7-1-3-8(16)4-2-7/h1-6H,(H,19,21)(H,20,22). The third-order valence-corrected chi connectivity index (χ3v) is 2.96. The first-order valence-electron chi connectivity index (χ1n) is 5.89. The molecule has 0 saturated carbocycles. The Morgan fingerprint density at radius 3 is 2.05 bits per heavy atom. The molecule has 4 nitrogen and oxygen atoms in total. The number of hydrazine groups is 1. The van der Waals surface area contributed by atoms with Crippen molar-refractivity contribution in [1.82, 2.24) is 10.9 Å². The molecule has 8 heteroatoms. The maximum Gasteiger partial charge on any atom is 0.271 e. The summed E-state index contributed by atoms with van der Waals surface area (Å²) < 4.78 is 38.7. The van der Waals surface area contributed by atoms with Crippen LogP contribution in [0.15, 0.2) is 36.4 Å². The smallest absolute Gasteiger partial charge is 0.267 e. The molecule has 0 unspecified atom stereocenters. The summed E-state index contributed by atoms with van der Waals surface area (Å²) in [6.07, 6.45) is 0. The fourth-order valence-electron chi connectivity index (χ4n) is 1.55. The van der Waals surface area contributed by atoms with Gasteiger partial charge in [-0.25, -0.2) is 13.2 Å². The van der Waals surface area contributed by atoms with E-state index in [0.717, 1.165) is 12.1 Å². The minimum atomic E-state index is -1.25. The van der Waals surface area contributed by atoms with E-state index < -0.39 is 29.3 Å². The normalized spacial score (nSPS) is 10.2. The molecule has 0 aliphatic rings. The van der Waals surface area contributed by atoms with Gasteiger partial charge in [0.05, 0.1) is 10.6 Å². The van der Waals surface area contributed by atoms with Gasteiger partial charge in [-0.1, -0.05) is 11.6 Å². The minimum Gasteiger partial charge on any atom is -0.267 e. The highest BCUT2D eigenvalue weighted by Crippen LogP contribution is 2.19. The fourth-order valence-corrected chi connectivity index (χ4v) is 1.79. The molecule has 0 atom stereocenters. The minimum absolute atomic E-state index is 0.0954. The highest BCUT2D eigenvalue weighted by molar-refractivity contribution is 6.33. The molecule has 22 heavy (non-hydrogen) atoms. The molecule has 0 spiro atoms. The van der Waals surface area contributed by atoms with E-state index in [-0.39, 0.29) is 16.1 Å². The van der Waals surface area contributed by atoms with Crippen molar-refractivity contribution in [3.8, 4) is 0 Å². The summed E-state index contributed by atoms with van der Waals surface area (Å²) in [5.74, 6) is -4.61. The number of hydrogen-bond acceptors (Lipinski definition) is 2. The molecular weight excluding hydrogens is 321 g/mol. The molecule has 2 aromatic carbocycles. The molecule has 2 aromatic rings. The van der Waals surface area contributed by atoms with Crippen molar-refractivity contribution < 1.29 is 22.8 Å². The van der Waals surface area contributed by atoms with Crippen LogP contribution in [0.3, 0.4) is 0 Å². The second kappa shape index (κ2) is 6.48. The van der Waals surface area contributed by atoms with Gasteiger partial charge in [-0.3, -0.25) is 20.4 Å². The topological polar surface area (TPSA) is 58.2 Å². The average Bonchev–Trinajstić information content (AvgIpc) is 2.49. The van der Waals surface area contributed by atoms with Crippen LogP contribution in [0.2, 0.25) is 5.02 Å². The Morgan fingerprint density at radius 1 is 0.864 bits per heavy atom. The molecule has 0 radical (unpaired) electrons. The zero-order chi connectivity index (χ0) is 16.3. The lowest BCUT2D eigenvalue weighted by Crippen LogP contribution is -2.41. The Labute approximate surface area is 127 Å². The Hall–Kier alpha value is -2.54. The van der Waals surface area contributed by atoms with Crippen molar-refractivity contribution >= 4 is 23.4 Å². The number of benzene rings is 2. The zero-order valence-corrected chi connectivity index (χ0v) is 11.5. The van der Waals surface area contributed by atoms with Crippen LogP contribution in [0.5, 0.6) is 0 Å². The highest BCUT2D eigenvalue weighted by atomic mass is 35.5. The molecule has 0 heterocycles. The van der Waals surface area contributed by atoms with Crippen LogP contribution < -0.4 is 10.9 Å². The summed E-state index contributed by atoms with van der Waals surface area (Å²) >= 11 is 5.62. The number of carbonyl (C=O) groups is 2. The van der Waals surface area contributed by atoms with Gasteiger partial charge in [-0.05, 0) is 36.4 Å². The first-order chi connectivity index (χ1) is 10.4. The molecule has 2 amide bonds. The van der Waals surface area contributed by atoms with E-state index in [1.54, 1.807) is 0 Å². The number of halogens is 4. The van der Waals surface area contributed by atoms with Gasteiger partial charge in [0.25, 0.3) is 11.8 Å². The van der Waals surface area contributed by atoms with Crippen molar-refractivity contribution in [1.29, 1.82) is 0 Å². The molecule has 2 N–H and O–H groups in total. The molecule has 0 aliphatic carbocycles. The van der Waals surface area contributed by atoms with E-state index in [9.17, 15) is 22.8 Å². The van der Waals surface area contributed by atoms with Crippen molar-refractivity contribution in [2.45, 2.75) is 0 Å². The molecule has 0 saturated heterocycles. The van der Waals surface area contributed by atoms with Crippen LogP contribution in [-0.2, 0) is 0 Å². The molecule has 0 bridgehead atoms. The van der Waals surface area contributed by atoms with Crippen molar-refractivity contribution in [2.24, 2.45) is 0 Å². The number of rotatable bonds is 2. The average molecular weight is 329 g/mol. The summed E-state index contributed by atoms with van der Waals surface area (Å²) in [4.78, 5) is 23.4. The Balaban J connectivity index is 2.05. The van der Waals surface area contributed by atoms with E-state index in [0.29, 0.717) is 12.1 Å². The Kier molecular flexibility index (Phi) is 4.67. The van der Waals surface area contributed by atoms with E-state index in [1.165, 1.54) is 12.1 Å². The summed E-state index contributed by atoms with van der Waals surface area (Å²) in [5, 5.41) is -0.313.